The van der Waals surface area contributed by atoms with Crippen molar-refractivity contribution < 1.29 is 23.5 Å². The molecular formula is C20H22FNO4. The average molecular weight is 359 g/mol. The molecule has 2 rings (SSSR count). The lowest BCUT2D eigenvalue weighted by Crippen LogP contribution is -2.28. The van der Waals surface area contributed by atoms with E-state index in [9.17, 15) is 14.0 Å². The second-order valence-electron chi connectivity index (χ2n) is 5.94. The van der Waals surface area contributed by atoms with Crippen molar-refractivity contribution in [3.63, 3.8) is 0 Å². The van der Waals surface area contributed by atoms with E-state index in [2.05, 4.69) is 5.32 Å². The number of ketones is 1. The largest absolute Gasteiger partial charge is 0.496 e. The number of ether oxygens (including phenoxy) is 2. The highest BCUT2D eigenvalue weighted by molar-refractivity contribution is 5.94. The van der Waals surface area contributed by atoms with Gasteiger partial charge in [-0.3, -0.25) is 9.59 Å². The monoisotopic (exact) mass is 359 g/mol. The molecule has 0 aliphatic heterocycles. The molecule has 0 fully saturated rings. The molecule has 0 aliphatic carbocycles. The lowest BCUT2D eigenvalue weighted by molar-refractivity contribution is -0.121. The molecule has 5 nitrogen and oxygen atoms in total. The fourth-order valence-corrected chi connectivity index (χ4v) is 2.64. The van der Waals surface area contributed by atoms with Crippen LogP contribution in [0, 0.1) is 5.82 Å². The Bertz CT molecular complexity index is 819. The Hall–Kier alpha value is -2.89. The van der Waals surface area contributed by atoms with Crippen LogP contribution in [0.25, 0.3) is 0 Å². The summed E-state index contributed by atoms with van der Waals surface area (Å²) in [5.41, 5.74) is 1.76. The zero-order chi connectivity index (χ0) is 19.3. The number of Topliss-reactive ketones (excluding diaryl/α,β-unsaturated/α-hetero) is 1. The molecule has 0 saturated carbocycles. The van der Waals surface area contributed by atoms with Gasteiger partial charge in [0.05, 0.1) is 26.7 Å². The molecule has 2 aromatic carbocycles. The van der Waals surface area contributed by atoms with Gasteiger partial charge in [-0.25, -0.2) is 4.39 Å². The first-order valence-corrected chi connectivity index (χ1v) is 8.16. The van der Waals surface area contributed by atoms with Crippen LogP contribution in [0.4, 0.5) is 4.39 Å². The van der Waals surface area contributed by atoms with Crippen LogP contribution < -0.4 is 14.8 Å². The van der Waals surface area contributed by atoms with Gasteiger partial charge in [0.1, 0.15) is 5.75 Å². The molecule has 6 heteroatoms. The number of carbonyl (C=O) groups is 2. The number of benzene rings is 2. The van der Waals surface area contributed by atoms with Crippen LogP contribution in [-0.2, 0) is 11.2 Å². The van der Waals surface area contributed by atoms with Gasteiger partial charge in [0, 0.05) is 11.1 Å². The van der Waals surface area contributed by atoms with Gasteiger partial charge in [-0.1, -0.05) is 6.07 Å². The molecule has 1 atom stereocenters. The van der Waals surface area contributed by atoms with Crippen LogP contribution in [-0.4, -0.2) is 25.9 Å². The van der Waals surface area contributed by atoms with Crippen LogP contribution in [0.1, 0.15) is 41.4 Å². The van der Waals surface area contributed by atoms with Crippen LogP contribution in [0.2, 0.25) is 0 Å². The first-order valence-electron chi connectivity index (χ1n) is 8.16. The number of nitrogens with one attached hydrogen (secondary N) is 1. The van der Waals surface area contributed by atoms with E-state index in [1.54, 1.807) is 31.2 Å². The molecule has 0 aliphatic rings. The fourth-order valence-electron chi connectivity index (χ4n) is 2.64. The van der Waals surface area contributed by atoms with E-state index in [1.165, 1.54) is 33.3 Å². The summed E-state index contributed by atoms with van der Waals surface area (Å²) in [5, 5.41) is 2.82. The smallest absolute Gasteiger partial charge is 0.225 e. The Balaban J connectivity index is 2.12. The van der Waals surface area contributed by atoms with E-state index in [0.29, 0.717) is 22.4 Å². The highest BCUT2D eigenvalue weighted by Crippen LogP contribution is 2.23. The molecule has 138 valence electrons. The molecule has 2 aromatic rings. The number of halogens is 1. The number of hydrogen-bond donors (Lipinski definition) is 1. The van der Waals surface area contributed by atoms with Crippen molar-refractivity contribution in [2.24, 2.45) is 0 Å². The first kappa shape index (κ1) is 19.4. The summed E-state index contributed by atoms with van der Waals surface area (Å²) in [6.45, 7) is 3.23. The van der Waals surface area contributed by atoms with Crippen LogP contribution in [0.5, 0.6) is 11.5 Å². The van der Waals surface area contributed by atoms with Gasteiger partial charge in [0.2, 0.25) is 5.91 Å². The van der Waals surface area contributed by atoms with E-state index < -0.39 is 5.82 Å². The molecule has 0 saturated heterocycles. The molecule has 26 heavy (non-hydrogen) atoms. The molecule has 0 bridgehead atoms. The van der Waals surface area contributed by atoms with E-state index in [0.717, 1.165) is 0 Å². The van der Waals surface area contributed by atoms with Crippen molar-refractivity contribution in [2.45, 2.75) is 26.3 Å². The van der Waals surface area contributed by atoms with E-state index in [4.69, 9.17) is 9.47 Å². The number of rotatable bonds is 7. The Morgan fingerprint density at radius 1 is 1.08 bits per heavy atom. The average Bonchev–Trinajstić information content (AvgIpc) is 2.61. The van der Waals surface area contributed by atoms with Crippen molar-refractivity contribution in [3.05, 3.63) is 58.9 Å². The standard InChI is InChI=1S/C20H22FNO4/c1-12(14-5-8-19(26-4)17(21)10-14)22-20(24)11-16-9-15(13(2)23)6-7-18(16)25-3/h5-10,12H,11H2,1-4H3,(H,22,24). The summed E-state index contributed by atoms with van der Waals surface area (Å²) >= 11 is 0. The number of methoxy groups -OCH3 is 2. The van der Waals surface area contributed by atoms with Crippen molar-refractivity contribution in [2.75, 3.05) is 14.2 Å². The van der Waals surface area contributed by atoms with Crippen molar-refractivity contribution in [1.82, 2.24) is 5.32 Å². The number of carbonyl (C=O) groups excluding carboxylic acids is 2. The predicted molar refractivity (Wildman–Crippen MR) is 96.2 cm³/mol. The van der Waals surface area contributed by atoms with Gasteiger partial charge < -0.3 is 14.8 Å². The molecule has 0 heterocycles. The summed E-state index contributed by atoms with van der Waals surface area (Å²) in [7, 11) is 2.90. The summed E-state index contributed by atoms with van der Waals surface area (Å²) in [6, 6.07) is 9.15. The van der Waals surface area contributed by atoms with Gasteiger partial charge in [0.25, 0.3) is 0 Å². The molecule has 1 amide bonds. The van der Waals surface area contributed by atoms with Crippen molar-refractivity contribution in [3.8, 4) is 11.5 Å². The lowest BCUT2D eigenvalue weighted by Gasteiger charge is -2.16. The summed E-state index contributed by atoms with van der Waals surface area (Å²) < 4.78 is 24.0. The fraction of sp³-hybridized carbons (Fsp3) is 0.300. The number of hydrogen-bond acceptors (Lipinski definition) is 4. The third-order valence-corrected chi connectivity index (χ3v) is 4.09. The maximum absolute atomic E-state index is 13.8. The van der Waals surface area contributed by atoms with Crippen LogP contribution in [0.3, 0.4) is 0 Å². The summed E-state index contributed by atoms with van der Waals surface area (Å²) in [4.78, 5) is 23.9. The third-order valence-electron chi connectivity index (χ3n) is 4.09. The Kier molecular flexibility index (Phi) is 6.33. The van der Waals surface area contributed by atoms with E-state index in [1.807, 2.05) is 0 Å². The topological polar surface area (TPSA) is 64.6 Å². The second kappa shape index (κ2) is 8.47. The second-order valence-corrected chi connectivity index (χ2v) is 5.94. The predicted octanol–water partition coefficient (Wildman–Crippen LogP) is 3.47. The normalized spacial score (nSPS) is 11.6. The molecular weight excluding hydrogens is 337 g/mol. The SMILES string of the molecule is COc1ccc(C(C)NC(=O)Cc2cc(C(C)=O)ccc2OC)cc1F. The molecule has 0 radical (unpaired) electrons. The third kappa shape index (κ3) is 4.59. The number of amides is 1. The van der Waals surface area contributed by atoms with Gasteiger partial charge in [0.15, 0.2) is 17.3 Å². The quantitative estimate of drug-likeness (QED) is 0.769. The zero-order valence-corrected chi connectivity index (χ0v) is 15.3. The maximum atomic E-state index is 13.8. The minimum atomic E-state index is -0.484. The first-order chi connectivity index (χ1) is 12.3. The van der Waals surface area contributed by atoms with Gasteiger partial charge >= 0.3 is 0 Å². The minimum Gasteiger partial charge on any atom is -0.496 e. The maximum Gasteiger partial charge on any atom is 0.225 e. The van der Waals surface area contributed by atoms with Gasteiger partial charge in [-0.15, -0.1) is 0 Å². The van der Waals surface area contributed by atoms with Gasteiger partial charge in [-0.2, -0.15) is 0 Å². The van der Waals surface area contributed by atoms with Crippen molar-refractivity contribution in [1.29, 1.82) is 0 Å². The Labute approximate surface area is 152 Å². The van der Waals surface area contributed by atoms with Crippen molar-refractivity contribution >= 4 is 11.7 Å². The lowest BCUT2D eigenvalue weighted by atomic mass is 10.0. The summed E-state index contributed by atoms with van der Waals surface area (Å²) in [5.74, 6) is -0.141. The zero-order valence-electron chi connectivity index (χ0n) is 15.3. The van der Waals surface area contributed by atoms with Crippen LogP contribution >= 0.6 is 0 Å². The molecule has 1 N–H and O–H groups in total. The van der Waals surface area contributed by atoms with E-state index >= 15 is 0 Å². The molecule has 0 spiro atoms. The Morgan fingerprint density at radius 3 is 2.31 bits per heavy atom. The molecule has 1 unspecified atom stereocenters. The van der Waals surface area contributed by atoms with Crippen LogP contribution in [0.15, 0.2) is 36.4 Å². The van der Waals surface area contributed by atoms with E-state index in [-0.39, 0.29) is 29.9 Å². The highest BCUT2D eigenvalue weighted by atomic mass is 19.1. The molecule has 0 aromatic heterocycles. The highest BCUT2D eigenvalue weighted by Gasteiger charge is 2.15. The minimum absolute atomic E-state index is 0.0489. The van der Waals surface area contributed by atoms with Gasteiger partial charge in [-0.05, 0) is 49.7 Å². The summed E-state index contributed by atoms with van der Waals surface area (Å²) in [6.07, 6.45) is 0.0489. The Morgan fingerprint density at radius 2 is 1.73 bits per heavy atom.